The Morgan fingerprint density at radius 3 is 2.55 bits per heavy atom. The van der Waals surface area contributed by atoms with Gasteiger partial charge in [0, 0.05) is 17.1 Å². The molecule has 1 atom stereocenters. The maximum atomic E-state index is 6.18. The van der Waals surface area contributed by atoms with E-state index in [1.807, 2.05) is 31.2 Å². The zero-order valence-electron chi connectivity index (χ0n) is 10.9. The second-order valence-electron chi connectivity index (χ2n) is 4.40. The van der Waals surface area contributed by atoms with Crippen LogP contribution < -0.4 is 10.5 Å². The number of nitrogens with two attached hydrogens (primary N) is 1. The average molecular weight is 375 g/mol. The molecule has 2 nitrogen and oxygen atoms in total. The summed E-state index contributed by atoms with van der Waals surface area (Å²) in [6.07, 6.45) is -0.258. The van der Waals surface area contributed by atoms with Crippen molar-refractivity contribution >= 4 is 39.1 Å². The van der Waals surface area contributed by atoms with Crippen LogP contribution >= 0.6 is 39.1 Å². The molecule has 0 amide bonds. The molecule has 2 aromatic rings. The minimum atomic E-state index is -0.258. The highest BCUT2D eigenvalue weighted by molar-refractivity contribution is 9.10. The van der Waals surface area contributed by atoms with Crippen LogP contribution in [0.3, 0.4) is 0 Å². The van der Waals surface area contributed by atoms with E-state index in [0.717, 1.165) is 15.6 Å². The molecule has 1 unspecified atom stereocenters. The lowest BCUT2D eigenvalue weighted by atomic mass is 10.0. The molecule has 0 saturated carbocycles. The summed E-state index contributed by atoms with van der Waals surface area (Å²) in [6, 6.07) is 11.4. The zero-order valence-corrected chi connectivity index (χ0v) is 14.0. The predicted molar refractivity (Wildman–Crippen MR) is 87.8 cm³/mol. The van der Waals surface area contributed by atoms with Crippen molar-refractivity contribution in [2.24, 2.45) is 5.73 Å². The standard InChI is InChI=1S/C15H14BrCl2NO/c1-9-4-2-3-5-10(9)15(8-19)20-14-7-12(17)11(16)6-13(14)18/h2-7,15H,8,19H2,1H3. The molecular formula is C15H14BrCl2NO. The van der Waals surface area contributed by atoms with Gasteiger partial charge in [-0.2, -0.15) is 0 Å². The molecule has 0 bridgehead atoms. The number of halogens is 3. The smallest absolute Gasteiger partial charge is 0.140 e. The van der Waals surface area contributed by atoms with Gasteiger partial charge in [-0.15, -0.1) is 0 Å². The monoisotopic (exact) mass is 373 g/mol. The Morgan fingerprint density at radius 1 is 1.20 bits per heavy atom. The molecule has 5 heteroatoms. The van der Waals surface area contributed by atoms with Crippen molar-refractivity contribution in [1.29, 1.82) is 0 Å². The van der Waals surface area contributed by atoms with Gasteiger partial charge in [-0.05, 0) is 40.0 Å². The minimum absolute atomic E-state index is 0.258. The Hall–Kier alpha value is -0.740. The van der Waals surface area contributed by atoms with Gasteiger partial charge in [0.05, 0.1) is 10.0 Å². The van der Waals surface area contributed by atoms with Gasteiger partial charge in [-0.1, -0.05) is 47.5 Å². The Balaban J connectivity index is 2.32. The first-order chi connectivity index (χ1) is 9.52. The van der Waals surface area contributed by atoms with Gasteiger partial charge in [0.25, 0.3) is 0 Å². The lowest BCUT2D eigenvalue weighted by Gasteiger charge is -2.20. The summed E-state index contributed by atoms with van der Waals surface area (Å²) in [4.78, 5) is 0. The lowest BCUT2D eigenvalue weighted by molar-refractivity contribution is 0.213. The first-order valence-electron chi connectivity index (χ1n) is 6.09. The number of hydrogen-bond acceptors (Lipinski definition) is 2. The number of aryl methyl sites for hydroxylation is 1. The van der Waals surface area contributed by atoms with Crippen LogP contribution in [0, 0.1) is 6.92 Å². The third-order valence-corrected chi connectivity index (χ3v) is 4.49. The largest absolute Gasteiger partial charge is 0.483 e. The van der Waals surface area contributed by atoms with Gasteiger partial charge >= 0.3 is 0 Å². The van der Waals surface area contributed by atoms with Crippen molar-refractivity contribution in [2.45, 2.75) is 13.0 Å². The van der Waals surface area contributed by atoms with E-state index in [9.17, 15) is 0 Å². The quantitative estimate of drug-likeness (QED) is 0.751. The van der Waals surface area contributed by atoms with Crippen molar-refractivity contribution < 1.29 is 4.74 Å². The first kappa shape index (κ1) is 15.6. The molecular weight excluding hydrogens is 361 g/mol. The van der Waals surface area contributed by atoms with E-state index < -0.39 is 0 Å². The molecule has 20 heavy (non-hydrogen) atoms. The maximum absolute atomic E-state index is 6.18. The van der Waals surface area contributed by atoms with Crippen LogP contribution in [0.4, 0.5) is 0 Å². The molecule has 0 aromatic heterocycles. The number of hydrogen-bond donors (Lipinski definition) is 1. The van der Waals surface area contributed by atoms with Crippen molar-refractivity contribution in [2.75, 3.05) is 6.54 Å². The van der Waals surface area contributed by atoms with E-state index in [1.54, 1.807) is 12.1 Å². The molecule has 2 aromatic carbocycles. The predicted octanol–water partition coefficient (Wildman–Crippen LogP) is 5.14. The van der Waals surface area contributed by atoms with Crippen molar-refractivity contribution in [3.05, 3.63) is 62.0 Å². The molecule has 0 aliphatic carbocycles. The Kier molecular flexibility index (Phi) is 5.33. The summed E-state index contributed by atoms with van der Waals surface area (Å²) in [5, 5.41) is 1.04. The third kappa shape index (κ3) is 3.47. The summed E-state index contributed by atoms with van der Waals surface area (Å²) in [5.74, 6) is 0.526. The van der Waals surface area contributed by atoms with Gasteiger partial charge in [-0.3, -0.25) is 0 Å². The molecule has 2 N–H and O–H groups in total. The molecule has 0 spiro atoms. The van der Waals surface area contributed by atoms with Crippen LogP contribution in [0.1, 0.15) is 17.2 Å². The lowest BCUT2D eigenvalue weighted by Crippen LogP contribution is -2.19. The topological polar surface area (TPSA) is 35.2 Å². The van der Waals surface area contributed by atoms with Gasteiger partial charge in [0.15, 0.2) is 0 Å². The fraction of sp³-hybridized carbons (Fsp3) is 0.200. The van der Waals surface area contributed by atoms with Crippen LogP contribution in [-0.2, 0) is 0 Å². The fourth-order valence-electron chi connectivity index (χ4n) is 1.93. The van der Waals surface area contributed by atoms with E-state index in [0.29, 0.717) is 22.3 Å². The zero-order chi connectivity index (χ0) is 14.7. The fourth-order valence-corrected chi connectivity index (χ4v) is 2.77. The van der Waals surface area contributed by atoms with Gasteiger partial charge < -0.3 is 10.5 Å². The van der Waals surface area contributed by atoms with Gasteiger partial charge in [0.2, 0.25) is 0 Å². The number of ether oxygens (including phenoxy) is 1. The van der Waals surface area contributed by atoms with Crippen molar-refractivity contribution in [1.82, 2.24) is 0 Å². The second-order valence-corrected chi connectivity index (χ2v) is 6.06. The second kappa shape index (κ2) is 6.81. The maximum Gasteiger partial charge on any atom is 0.140 e. The van der Waals surface area contributed by atoms with Crippen LogP contribution in [0.15, 0.2) is 40.9 Å². The first-order valence-corrected chi connectivity index (χ1v) is 7.64. The number of benzene rings is 2. The SMILES string of the molecule is Cc1ccccc1C(CN)Oc1cc(Cl)c(Br)cc1Cl. The molecule has 0 heterocycles. The summed E-state index contributed by atoms with van der Waals surface area (Å²) in [7, 11) is 0. The summed E-state index contributed by atoms with van der Waals surface area (Å²) in [6.45, 7) is 2.38. The highest BCUT2D eigenvalue weighted by Gasteiger charge is 2.16. The van der Waals surface area contributed by atoms with Crippen molar-refractivity contribution in [3.63, 3.8) is 0 Å². The summed E-state index contributed by atoms with van der Waals surface area (Å²) >= 11 is 15.6. The minimum Gasteiger partial charge on any atom is -0.483 e. The molecule has 0 aliphatic rings. The third-order valence-electron chi connectivity index (χ3n) is 2.99. The molecule has 0 radical (unpaired) electrons. The summed E-state index contributed by atoms with van der Waals surface area (Å²) < 4.78 is 6.67. The van der Waals surface area contributed by atoms with Crippen LogP contribution in [0.25, 0.3) is 0 Å². The normalized spacial score (nSPS) is 12.2. The molecule has 106 valence electrons. The highest BCUT2D eigenvalue weighted by atomic mass is 79.9. The van der Waals surface area contributed by atoms with E-state index in [2.05, 4.69) is 15.9 Å². The van der Waals surface area contributed by atoms with Crippen LogP contribution in [-0.4, -0.2) is 6.54 Å². The Morgan fingerprint density at radius 2 is 1.90 bits per heavy atom. The van der Waals surface area contributed by atoms with Crippen LogP contribution in [0.5, 0.6) is 5.75 Å². The van der Waals surface area contributed by atoms with Crippen LogP contribution in [0.2, 0.25) is 10.0 Å². The van der Waals surface area contributed by atoms with Gasteiger partial charge in [-0.25, -0.2) is 0 Å². The van der Waals surface area contributed by atoms with Gasteiger partial charge in [0.1, 0.15) is 11.9 Å². The van der Waals surface area contributed by atoms with E-state index in [-0.39, 0.29) is 6.10 Å². The number of rotatable bonds is 4. The molecule has 0 fully saturated rings. The van der Waals surface area contributed by atoms with Crippen molar-refractivity contribution in [3.8, 4) is 5.75 Å². The summed E-state index contributed by atoms with van der Waals surface area (Å²) in [5.41, 5.74) is 8.00. The highest BCUT2D eigenvalue weighted by Crippen LogP contribution is 2.36. The average Bonchev–Trinajstić information content (AvgIpc) is 2.42. The molecule has 2 rings (SSSR count). The van der Waals surface area contributed by atoms with E-state index in [1.165, 1.54) is 0 Å². The Labute approximate surface area is 137 Å². The molecule has 0 saturated heterocycles. The Bertz CT molecular complexity index is 619. The van der Waals surface area contributed by atoms with E-state index in [4.69, 9.17) is 33.7 Å². The molecule has 0 aliphatic heterocycles. The van der Waals surface area contributed by atoms with E-state index >= 15 is 0 Å².